The Balaban J connectivity index is 3.15. The molecule has 0 aliphatic rings. The first kappa shape index (κ1) is 12.5. The van der Waals surface area contributed by atoms with Gasteiger partial charge in [-0.15, -0.1) is 0 Å². The van der Waals surface area contributed by atoms with Gasteiger partial charge >= 0.3 is 81.9 Å². The molecule has 0 saturated heterocycles. The Labute approximate surface area is 82.1 Å². The summed E-state index contributed by atoms with van der Waals surface area (Å²) in [5, 5.41) is 21.6. The van der Waals surface area contributed by atoms with Crippen LogP contribution in [0.1, 0.15) is 0 Å². The summed E-state index contributed by atoms with van der Waals surface area (Å²) in [6, 6.07) is 0. The molecule has 12 heavy (non-hydrogen) atoms. The second kappa shape index (κ2) is 8.10. The van der Waals surface area contributed by atoms with Crippen molar-refractivity contribution in [1.82, 2.24) is 8.50 Å². The van der Waals surface area contributed by atoms with Gasteiger partial charge in [0.15, 0.2) is 0 Å². The summed E-state index contributed by atoms with van der Waals surface area (Å²) in [4.78, 5) is 4.65. The van der Waals surface area contributed by atoms with Crippen LogP contribution in [0, 0.1) is 10.4 Å². The van der Waals surface area contributed by atoms with E-state index in [-0.39, 0.29) is 11.2 Å². The summed E-state index contributed by atoms with van der Waals surface area (Å²) >= 11 is -0.772. The van der Waals surface area contributed by atoms with Crippen LogP contribution in [0.15, 0.2) is 0 Å². The fourth-order valence-corrected chi connectivity index (χ4v) is 1.25. The van der Waals surface area contributed by atoms with Crippen LogP contribution in [0.2, 0.25) is 0 Å². The third kappa shape index (κ3) is 8.59. The van der Waals surface area contributed by atoms with Crippen molar-refractivity contribution in [2.45, 2.75) is 0 Å². The molecule has 0 aromatic rings. The van der Waals surface area contributed by atoms with E-state index in [1.807, 2.05) is 0 Å². The first-order valence-electron chi connectivity index (χ1n) is 3.23. The van der Waals surface area contributed by atoms with Crippen LogP contribution < -0.4 is 21.5 Å². The summed E-state index contributed by atoms with van der Waals surface area (Å²) in [6.07, 6.45) is 0. The van der Waals surface area contributed by atoms with Crippen LogP contribution in [-0.4, -0.2) is 40.4 Å². The van der Waals surface area contributed by atoms with Gasteiger partial charge in [-0.25, -0.2) is 0 Å². The molecule has 0 N–H and O–H groups in total. The normalized spacial score (nSPS) is 11.8. The molecular weight excluding hydrogens is 279 g/mol. The number of nitrogens with zero attached hydrogens (tertiary/aromatic N) is 2. The Morgan fingerprint density at radius 1 is 1.33 bits per heavy atom. The van der Waals surface area contributed by atoms with Crippen molar-refractivity contribution in [3.63, 3.8) is 0 Å². The van der Waals surface area contributed by atoms with Gasteiger partial charge in [0, 0.05) is 0 Å². The van der Waals surface area contributed by atoms with E-state index in [0.717, 1.165) is 3.28 Å². The van der Waals surface area contributed by atoms with Gasteiger partial charge in [-0.1, -0.05) is 0 Å². The molecule has 0 rings (SSSR count). The molecule has 0 aliphatic heterocycles. The Morgan fingerprint density at radius 2 is 2.00 bits per heavy atom. The van der Waals surface area contributed by atoms with Crippen LogP contribution >= 0.6 is 0 Å². The standard InChI is InChI=1S/C5H12IN2O4/c1-7(9)6-5-8(10)12-4-3-11-2/h3-5H2,1-2H3/q-3. The minimum atomic E-state index is -0.772. The molecule has 76 valence electrons. The predicted octanol–water partition coefficient (Wildman–Crippen LogP) is -3.24. The molecule has 0 spiro atoms. The van der Waals surface area contributed by atoms with Crippen molar-refractivity contribution in [3.05, 3.63) is 10.4 Å². The summed E-state index contributed by atoms with van der Waals surface area (Å²) in [5.74, 6) is 0. The zero-order valence-corrected chi connectivity index (χ0v) is 9.18. The molecular formula is C5H12IN2O4-3. The molecule has 0 unspecified atom stereocenters. The second-order valence-electron chi connectivity index (χ2n) is 1.82. The van der Waals surface area contributed by atoms with Crippen molar-refractivity contribution >= 4 is 0 Å². The van der Waals surface area contributed by atoms with E-state index in [1.54, 1.807) is 0 Å². The number of rotatable bonds is 7. The van der Waals surface area contributed by atoms with Crippen molar-refractivity contribution in [1.29, 1.82) is 0 Å². The van der Waals surface area contributed by atoms with Gasteiger partial charge in [0.2, 0.25) is 0 Å². The molecule has 0 bridgehead atoms. The summed E-state index contributed by atoms with van der Waals surface area (Å²) in [6.45, 7) is 0.608. The zero-order valence-electron chi connectivity index (χ0n) is 7.03. The molecule has 0 heterocycles. The van der Waals surface area contributed by atoms with Crippen molar-refractivity contribution in [2.75, 3.05) is 31.9 Å². The average Bonchev–Trinajstić information content (AvgIpc) is 2.01. The molecule has 0 aromatic heterocycles. The fourth-order valence-electron chi connectivity index (χ4n) is 0.376. The average molecular weight is 291 g/mol. The Morgan fingerprint density at radius 3 is 2.50 bits per heavy atom. The van der Waals surface area contributed by atoms with Crippen LogP contribution in [0.25, 0.3) is 0 Å². The van der Waals surface area contributed by atoms with Gasteiger partial charge in [0.05, 0.1) is 0 Å². The maximum atomic E-state index is 10.7. The molecule has 0 atom stereocenters. The van der Waals surface area contributed by atoms with Crippen LogP contribution in [-0.2, 0) is 9.57 Å². The van der Waals surface area contributed by atoms with Gasteiger partial charge in [0.25, 0.3) is 0 Å². The number of alkyl halides is 1. The number of halogens is 1. The quantitative estimate of drug-likeness (QED) is 0.123. The van der Waals surface area contributed by atoms with E-state index in [0.29, 0.717) is 11.8 Å². The number of hydrogen-bond donors (Lipinski definition) is 0. The summed E-state index contributed by atoms with van der Waals surface area (Å²) in [5.41, 5.74) is 0. The molecule has 0 aromatic carbocycles. The van der Waals surface area contributed by atoms with Gasteiger partial charge in [-0.3, -0.25) is 0 Å². The van der Waals surface area contributed by atoms with Crippen LogP contribution in [0.5, 0.6) is 0 Å². The second-order valence-corrected chi connectivity index (χ2v) is 4.54. The molecule has 0 radical (unpaired) electrons. The molecule has 0 amide bonds. The fraction of sp³-hybridized carbons (Fsp3) is 1.00. The third-order valence-electron chi connectivity index (χ3n) is 0.842. The third-order valence-corrected chi connectivity index (χ3v) is 2.67. The Hall–Kier alpha value is 0.490. The topological polar surface area (TPSA) is 71.1 Å². The first-order valence-corrected chi connectivity index (χ1v) is 5.72. The van der Waals surface area contributed by atoms with Gasteiger partial charge in [0.1, 0.15) is 0 Å². The van der Waals surface area contributed by atoms with E-state index in [1.165, 1.54) is 14.2 Å². The van der Waals surface area contributed by atoms with Gasteiger partial charge in [-0.2, -0.15) is 0 Å². The van der Waals surface area contributed by atoms with Crippen molar-refractivity contribution < 1.29 is 31.1 Å². The first-order chi connectivity index (χ1) is 5.66. The van der Waals surface area contributed by atoms with Crippen LogP contribution in [0.3, 0.4) is 0 Å². The Bertz CT molecular complexity index is 105. The van der Waals surface area contributed by atoms with Gasteiger partial charge in [-0.05, 0) is 0 Å². The molecule has 0 saturated carbocycles. The van der Waals surface area contributed by atoms with E-state index in [4.69, 9.17) is 0 Å². The number of methoxy groups -OCH3 is 1. The monoisotopic (exact) mass is 291 g/mol. The van der Waals surface area contributed by atoms with E-state index < -0.39 is 21.5 Å². The summed E-state index contributed by atoms with van der Waals surface area (Å²) < 4.78 is 5.60. The van der Waals surface area contributed by atoms with Crippen molar-refractivity contribution in [2.24, 2.45) is 0 Å². The Kier molecular flexibility index (Phi) is 8.44. The predicted molar refractivity (Wildman–Crippen MR) is 39.0 cm³/mol. The number of hydrogen-bond acceptors (Lipinski definition) is 6. The van der Waals surface area contributed by atoms with Crippen LogP contribution in [0.4, 0.5) is 0 Å². The van der Waals surface area contributed by atoms with E-state index >= 15 is 0 Å². The van der Waals surface area contributed by atoms with Gasteiger partial charge < -0.3 is 0 Å². The number of hydroxylamine groups is 3. The molecule has 0 aliphatic carbocycles. The SMILES string of the molecule is COCCON([O-])C[I-]N(C)[O-]. The molecule has 6 nitrogen and oxygen atoms in total. The zero-order chi connectivity index (χ0) is 9.40. The molecule has 7 heteroatoms. The van der Waals surface area contributed by atoms with E-state index in [9.17, 15) is 10.4 Å². The minimum absolute atomic E-state index is 0.155. The molecule has 0 fully saturated rings. The van der Waals surface area contributed by atoms with E-state index in [2.05, 4.69) is 9.57 Å². The van der Waals surface area contributed by atoms with Crippen molar-refractivity contribution in [3.8, 4) is 0 Å². The summed E-state index contributed by atoms with van der Waals surface area (Å²) in [7, 11) is 2.92. The number of ether oxygens (including phenoxy) is 1. The maximum absolute atomic E-state index is 10.7.